The van der Waals surface area contributed by atoms with E-state index in [9.17, 15) is 0 Å². The summed E-state index contributed by atoms with van der Waals surface area (Å²) < 4.78 is 5.37. The molecule has 0 aromatic carbocycles. The van der Waals surface area contributed by atoms with Crippen molar-refractivity contribution in [2.45, 2.75) is 0 Å². The molecule has 0 spiro atoms. The number of rotatable bonds is 5. The summed E-state index contributed by atoms with van der Waals surface area (Å²) in [5.74, 6) is 0.786. The highest BCUT2D eigenvalue weighted by atomic mass is 35.5. The van der Waals surface area contributed by atoms with E-state index in [1.807, 2.05) is 30.5 Å². The van der Waals surface area contributed by atoms with Crippen LogP contribution in [-0.4, -0.2) is 59.2 Å². The zero-order valence-electron chi connectivity index (χ0n) is 13.8. The second kappa shape index (κ2) is 7.39. The first-order chi connectivity index (χ1) is 12.3. The van der Waals surface area contributed by atoms with Crippen molar-refractivity contribution in [3.63, 3.8) is 0 Å². The minimum Gasteiger partial charge on any atom is -0.379 e. The number of fused-ring (bicyclic) bond motifs is 1. The fourth-order valence-corrected chi connectivity index (χ4v) is 3.31. The van der Waals surface area contributed by atoms with Crippen molar-refractivity contribution in [3.8, 4) is 11.1 Å². The number of H-pyrrole nitrogens is 1. The summed E-state index contributed by atoms with van der Waals surface area (Å²) in [5.41, 5.74) is 2.96. The highest BCUT2D eigenvalue weighted by Crippen LogP contribution is 2.30. The molecule has 4 rings (SSSR count). The maximum absolute atomic E-state index is 6.24. The number of aromatic amines is 1. The maximum Gasteiger partial charge on any atom is 0.137 e. The quantitative estimate of drug-likeness (QED) is 0.687. The van der Waals surface area contributed by atoms with Crippen molar-refractivity contribution in [2.75, 3.05) is 44.7 Å². The van der Waals surface area contributed by atoms with Gasteiger partial charge < -0.3 is 15.0 Å². The molecule has 3 aromatic heterocycles. The Morgan fingerprint density at radius 3 is 3.04 bits per heavy atom. The van der Waals surface area contributed by atoms with Gasteiger partial charge >= 0.3 is 0 Å². The van der Waals surface area contributed by atoms with Gasteiger partial charge in [0.15, 0.2) is 0 Å². The third-order valence-corrected chi connectivity index (χ3v) is 4.59. The van der Waals surface area contributed by atoms with Gasteiger partial charge in [0.2, 0.25) is 0 Å². The van der Waals surface area contributed by atoms with Gasteiger partial charge in [0.25, 0.3) is 0 Å². The molecule has 2 N–H and O–H groups in total. The molecule has 6 nitrogen and oxygen atoms in total. The van der Waals surface area contributed by atoms with E-state index in [-0.39, 0.29) is 0 Å². The van der Waals surface area contributed by atoms with Crippen LogP contribution in [0.1, 0.15) is 0 Å². The Labute approximate surface area is 151 Å². The first kappa shape index (κ1) is 16.3. The minimum atomic E-state index is 0.476. The molecule has 130 valence electrons. The Morgan fingerprint density at radius 2 is 2.16 bits per heavy atom. The molecule has 1 fully saturated rings. The normalized spacial score (nSPS) is 15.6. The van der Waals surface area contributed by atoms with Gasteiger partial charge in [-0.15, -0.1) is 0 Å². The van der Waals surface area contributed by atoms with E-state index in [2.05, 4.69) is 25.2 Å². The van der Waals surface area contributed by atoms with Gasteiger partial charge in [0.1, 0.15) is 16.6 Å². The summed E-state index contributed by atoms with van der Waals surface area (Å²) in [5, 5.41) is 4.93. The van der Waals surface area contributed by atoms with Crippen LogP contribution in [-0.2, 0) is 4.74 Å². The minimum absolute atomic E-state index is 0.476. The zero-order chi connectivity index (χ0) is 17.1. The van der Waals surface area contributed by atoms with Gasteiger partial charge in [-0.2, -0.15) is 0 Å². The summed E-state index contributed by atoms with van der Waals surface area (Å²) >= 11 is 6.24. The van der Waals surface area contributed by atoms with Crippen molar-refractivity contribution in [1.29, 1.82) is 0 Å². The predicted molar refractivity (Wildman–Crippen MR) is 100 cm³/mol. The number of halogens is 1. The standard InChI is InChI=1S/C18H20ClN5O/c19-16-10-13(15-12-22-18-14(15)2-1-3-21-18)11-17(23-16)20-4-5-24-6-8-25-9-7-24/h1-3,10-12H,4-9H2,(H,20,23)(H,21,22). The number of nitrogens with zero attached hydrogens (tertiary/aromatic N) is 3. The number of morpholine rings is 1. The van der Waals surface area contributed by atoms with E-state index >= 15 is 0 Å². The SMILES string of the molecule is Clc1cc(-c2c[nH]c3ncccc23)cc(NCCN2CCOCC2)n1. The highest BCUT2D eigenvalue weighted by molar-refractivity contribution is 6.29. The summed E-state index contributed by atoms with van der Waals surface area (Å²) in [6, 6.07) is 7.89. The van der Waals surface area contributed by atoms with E-state index in [4.69, 9.17) is 16.3 Å². The predicted octanol–water partition coefficient (Wildman–Crippen LogP) is 3.02. The van der Waals surface area contributed by atoms with E-state index in [0.29, 0.717) is 5.15 Å². The zero-order valence-corrected chi connectivity index (χ0v) is 14.6. The first-order valence-electron chi connectivity index (χ1n) is 8.43. The van der Waals surface area contributed by atoms with Crippen molar-refractivity contribution >= 4 is 28.5 Å². The Morgan fingerprint density at radius 1 is 1.28 bits per heavy atom. The molecule has 0 amide bonds. The Bertz CT molecular complexity index is 860. The van der Waals surface area contributed by atoms with Crippen molar-refractivity contribution < 1.29 is 4.74 Å². The molecule has 25 heavy (non-hydrogen) atoms. The summed E-state index contributed by atoms with van der Waals surface area (Å²) in [6.07, 6.45) is 3.74. The van der Waals surface area contributed by atoms with Gasteiger partial charge in [-0.25, -0.2) is 9.97 Å². The Hall–Kier alpha value is -2.15. The van der Waals surface area contributed by atoms with Gasteiger partial charge in [-0.1, -0.05) is 11.6 Å². The smallest absolute Gasteiger partial charge is 0.137 e. The Kier molecular flexibility index (Phi) is 4.83. The highest BCUT2D eigenvalue weighted by Gasteiger charge is 2.11. The third-order valence-electron chi connectivity index (χ3n) is 4.39. The number of anilines is 1. The molecule has 0 radical (unpaired) electrons. The molecule has 1 saturated heterocycles. The molecule has 0 unspecified atom stereocenters. The number of nitrogens with one attached hydrogen (secondary N) is 2. The van der Waals surface area contributed by atoms with E-state index in [0.717, 1.165) is 67.4 Å². The summed E-state index contributed by atoms with van der Waals surface area (Å²) in [7, 11) is 0. The molecule has 0 aliphatic carbocycles. The molecule has 7 heteroatoms. The second-order valence-corrected chi connectivity index (χ2v) is 6.43. The molecule has 3 aromatic rings. The number of hydrogen-bond acceptors (Lipinski definition) is 5. The van der Waals surface area contributed by atoms with E-state index in [1.165, 1.54) is 0 Å². The van der Waals surface area contributed by atoms with E-state index in [1.54, 1.807) is 6.20 Å². The van der Waals surface area contributed by atoms with Crippen LogP contribution in [0.3, 0.4) is 0 Å². The fraction of sp³-hybridized carbons (Fsp3) is 0.333. The van der Waals surface area contributed by atoms with Crippen LogP contribution < -0.4 is 5.32 Å². The van der Waals surface area contributed by atoms with Crippen molar-refractivity contribution in [2.24, 2.45) is 0 Å². The van der Waals surface area contributed by atoms with Crippen LogP contribution in [0.5, 0.6) is 0 Å². The molecule has 0 saturated carbocycles. The lowest BCUT2D eigenvalue weighted by atomic mass is 10.1. The van der Waals surface area contributed by atoms with Gasteiger partial charge in [-0.3, -0.25) is 4.90 Å². The Balaban J connectivity index is 1.50. The van der Waals surface area contributed by atoms with E-state index < -0.39 is 0 Å². The second-order valence-electron chi connectivity index (χ2n) is 6.05. The lowest BCUT2D eigenvalue weighted by molar-refractivity contribution is 0.0398. The number of pyridine rings is 2. The molecule has 0 atom stereocenters. The number of ether oxygens (including phenoxy) is 1. The lowest BCUT2D eigenvalue weighted by Crippen LogP contribution is -2.39. The molecular formula is C18H20ClN5O. The van der Waals surface area contributed by atoms with Crippen LogP contribution in [0.15, 0.2) is 36.7 Å². The summed E-state index contributed by atoms with van der Waals surface area (Å²) in [6.45, 7) is 5.38. The molecule has 1 aliphatic rings. The van der Waals surface area contributed by atoms with Crippen LogP contribution in [0.4, 0.5) is 5.82 Å². The monoisotopic (exact) mass is 357 g/mol. The average molecular weight is 358 g/mol. The lowest BCUT2D eigenvalue weighted by Gasteiger charge is -2.26. The van der Waals surface area contributed by atoms with Crippen LogP contribution in [0.2, 0.25) is 5.15 Å². The molecular weight excluding hydrogens is 338 g/mol. The first-order valence-corrected chi connectivity index (χ1v) is 8.81. The van der Waals surface area contributed by atoms with Crippen molar-refractivity contribution in [1.82, 2.24) is 19.9 Å². The summed E-state index contributed by atoms with van der Waals surface area (Å²) in [4.78, 5) is 14.3. The molecule has 0 bridgehead atoms. The molecule has 1 aliphatic heterocycles. The van der Waals surface area contributed by atoms with Gasteiger partial charge in [0, 0.05) is 49.5 Å². The topological polar surface area (TPSA) is 66.1 Å². The van der Waals surface area contributed by atoms with Gasteiger partial charge in [-0.05, 0) is 29.8 Å². The number of hydrogen-bond donors (Lipinski definition) is 2. The third kappa shape index (κ3) is 3.76. The molecule has 4 heterocycles. The largest absolute Gasteiger partial charge is 0.379 e. The van der Waals surface area contributed by atoms with Crippen molar-refractivity contribution in [3.05, 3.63) is 41.8 Å². The van der Waals surface area contributed by atoms with Crippen LogP contribution in [0, 0.1) is 0 Å². The average Bonchev–Trinajstić information content (AvgIpc) is 3.06. The van der Waals surface area contributed by atoms with Crippen LogP contribution >= 0.6 is 11.6 Å². The fourth-order valence-electron chi connectivity index (χ4n) is 3.10. The van der Waals surface area contributed by atoms with Crippen LogP contribution in [0.25, 0.3) is 22.2 Å². The maximum atomic E-state index is 6.24. The number of aromatic nitrogens is 3. The van der Waals surface area contributed by atoms with Gasteiger partial charge in [0.05, 0.1) is 13.2 Å².